The maximum Gasteiger partial charge on any atom is 0.230 e. The van der Waals surface area contributed by atoms with Crippen LogP contribution in [-0.2, 0) is 26.0 Å². The number of allylic oxidation sites excluding steroid dienone is 1. The van der Waals surface area contributed by atoms with E-state index in [1.165, 1.54) is 6.07 Å². The van der Waals surface area contributed by atoms with Crippen LogP contribution in [0.1, 0.15) is 33.5 Å². The molecule has 2 aromatic rings. The molecule has 0 radical (unpaired) electrons. The average Bonchev–Trinajstić information content (AvgIpc) is 2.90. The Balaban J connectivity index is 1.58. The van der Waals surface area contributed by atoms with Gasteiger partial charge in [-0.15, -0.1) is 0 Å². The molecule has 0 aliphatic heterocycles. The largest absolute Gasteiger partial charge is 0.508 e. The number of rotatable bonds is 4. The minimum atomic E-state index is -3.45. The van der Waals surface area contributed by atoms with Crippen molar-refractivity contribution < 1.29 is 43.2 Å². The molecule has 2 aromatic carbocycles. The number of likely N-dealkylation sites (N-methyl/N-ethyl adjacent to an activating group) is 1. The van der Waals surface area contributed by atoms with Crippen LogP contribution in [0.4, 0.5) is 5.69 Å². The Kier molecular flexibility index (Phi) is 7.38. The molecule has 1 fully saturated rings. The third-order valence-corrected chi connectivity index (χ3v) is 9.11. The number of carbonyl (C=O) groups excluding carboxylic acids is 3. The van der Waals surface area contributed by atoms with Crippen LogP contribution >= 0.6 is 0 Å². The quantitative estimate of drug-likeness (QED) is 0.203. The van der Waals surface area contributed by atoms with Crippen LogP contribution in [0, 0.1) is 29.6 Å². The van der Waals surface area contributed by atoms with Gasteiger partial charge in [0.25, 0.3) is 0 Å². The zero-order valence-corrected chi connectivity index (χ0v) is 24.3. The molecule has 2 unspecified atom stereocenters. The van der Waals surface area contributed by atoms with Crippen molar-refractivity contribution in [1.82, 2.24) is 4.90 Å². The molecule has 3 aliphatic rings. The maximum atomic E-state index is 13.8. The van der Waals surface area contributed by atoms with E-state index in [4.69, 9.17) is 5.73 Å². The molecule has 3 aliphatic carbocycles. The van der Waals surface area contributed by atoms with Crippen LogP contribution in [0.25, 0.3) is 0 Å². The molecule has 6 atom stereocenters. The lowest BCUT2D eigenvalue weighted by molar-refractivity contribution is -0.178. The zero-order chi connectivity index (χ0) is 31.6. The van der Waals surface area contributed by atoms with Crippen LogP contribution in [0.2, 0.25) is 0 Å². The van der Waals surface area contributed by atoms with Gasteiger partial charge in [0.15, 0.2) is 17.2 Å². The highest BCUT2D eigenvalue weighted by Gasteiger charge is 2.66. The number of carbonyl (C=O) groups is 3. The molecule has 1 saturated carbocycles. The number of aliphatic hydroxyl groups is 3. The Bertz CT molecular complexity index is 1750. The predicted molar refractivity (Wildman–Crippen MR) is 154 cm³/mol. The number of fused-ring (bicyclic) bond motifs is 3. The summed E-state index contributed by atoms with van der Waals surface area (Å²) >= 11 is 0. The van der Waals surface area contributed by atoms with E-state index in [1.807, 2.05) is 0 Å². The lowest BCUT2D eigenvalue weighted by Crippen LogP contribution is -2.71. The average molecular weight is 610 g/mol. The first-order chi connectivity index (χ1) is 20.1. The fraction of sp³-hybridized carbons (Fsp3) is 0.367. The van der Waals surface area contributed by atoms with Crippen LogP contribution in [0.5, 0.6) is 5.75 Å². The lowest BCUT2D eigenvalue weighted by atomic mass is 9.56. The van der Waals surface area contributed by atoms with Crippen LogP contribution < -0.4 is 10.5 Å². The second kappa shape index (κ2) is 10.5. The zero-order valence-electron chi connectivity index (χ0n) is 23.5. The normalized spacial score (nSPS) is 28.4. The smallest absolute Gasteiger partial charge is 0.230 e. The van der Waals surface area contributed by atoms with Gasteiger partial charge in [-0.2, -0.15) is 0 Å². The number of anilines is 1. The Hall–Kier alpha value is -4.22. The number of benzene rings is 2. The monoisotopic (exact) mass is 609 g/mol. The van der Waals surface area contributed by atoms with Crippen molar-refractivity contribution in [3.05, 3.63) is 70.0 Å². The number of phenolic OH excluding ortho intramolecular Hbond substituents is 1. The first-order valence-corrected chi connectivity index (χ1v) is 15.3. The molecular formula is C30H31N3O9S. The number of ketones is 2. The number of nitrogens with zero attached hydrogens (tertiary/aromatic N) is 1. The fourth-order valence-electron chi connectivity index (χ4n) is 6.70. The van der Waals surface area contributed by atoms with Gasteiger partial charge in [0.05, 0.1) is 17.9 Å². The molecule has 12 nitrogen and oxygen atoms in total. The number of nitrogens with one attached hydrogen (secondary N) is 1. The van der Waals surface area contributed by atoms with E-state index in [2.05, 4.69) is 16.6 Å². The number of nitrogens with two attached hydrogens (primary N) is 1. The second-order valence-electron chi connectivity index (χ2n) is 11.5. The van der Waals surface area contributed by atoms with E-state index in [9.17, 15) is 43.2 Å². The summed E-state index contributed by atoms with van der Waals surface area (Å²) in [6, 6.07) is 8.20. The highest BCUT2D eigenvalue weighted by atomic mass is 32.2. The van der Waals surface area contributed by atoms with Gasteiger partial charge >= 0.3 is 0 Å². The summed E-state index contributed by atoms with van der Waals surface area (Å²) < 4.78 is 25.3. The SMILES string of the molecule is CN(C)[C@@H]1C(O)C(C(N)=O)C(=O)[C@@]2(O)C(O)=C3C(=O)c4c(O)ccc(C#Cc5ccc(NS(C)(=O)=O)cc5)c4C[C@H]3C[C@@H]12. The van der Waals surface area contributed by atoms with Crippen molar-refractivity contribution in [2.24, 2.45) is 23.5 Å². The molecule has 0 saturated heterocycles. The molecule has 7 N–H and O–H groups in total. The number of aliphatic hydroxyl groups excluding tert-OH is 2. The summed E-state index contributed by atoms with van der Waals surface area (Å²) in [6.45, 7) is 0. The van der Waals surface area contributed by atoms with Crippen molar-refractivity contribution in [2.75, 3.05) is 25.1 Å². The number of hydrogen-bond donors (Lipinski definition) is 6. The summed E-state index contributed by atoms with van der Waals surface area (Å²) in [5.41, 5.74) is 4.14. The third-order valence-electron chi connectivity index (χ3n) is 8.51. The summed E-state index contributed by atoms with van der Waals surface area (Å²) in [4.78, 5) is 41.0. The number of sulfonamides is 1. The molecule has 0 aromatic heterocycles. The first-order valence-electron chi connectivity index (χ1n) is 13.4. The number of Topliss-reactive ketones (excluding diaryl/α,β-unsaturated/α-hetero) is 2. The minimum Gasteiger partial charge on any atom is -0.508 e. The van der Waals surface area contributed by atoms with Gasteiger partial charge in [-0.25, -0.2) is 8.42 Å². The molecule has 43 heavy (non-hydrogen) atoms. The van der Waals surface area contributed by atoms with E-state index in [-0.39, 0.29) is 29.7 Å². The molecule has 226 valence electrons. The number of amides is 1. The molecule has 5 rings (SSSR count). The lowest BCUT2D eigenvalue weighted by Gasteiger charge is -2.53. The number of aromatic hydroxyl groups is 1. The fourth-order valence-corrected chi connectivity index (χ4v) is 7.26. The minimum absolute atomic E-state index is 0.00444. The van der Waals surface area contributed by atoms with Crippen molar-refractivity contribution in [3.8, 4) is 17.6 Å². The van der Waals surface area contributed by atoms with Crippen molar-refractivity contribution >= 4 is 33.2 Å². The van der Waals surface area contributed by atoms with E-state index < -0.39 is 68.8 Å². The Morgan fingerprint density at radius 3 is 2.33 bits per heavy atom. The third kappa shape index (κ3) is 4.96. The van der Waals surface area contributed by atoms with Gasteiger partial charge in [0.1, 0.15) is 17.4 Å². The Morgan fingerprint density at radius 1 is 1.09 bits per heavy atom. The topological polar surface area (TPSA) is 208 Å². The van der Waals surface area contributed by atoms with Gasteiger partial charge in [0.2, 0.25) is 15.9 Å². The van der Waals surface area contributed by atoms with Gasteiger partial charge < -0.3 is 31.1 Å². The summed E-state index contributed by atoms with van der Waals surface area (Å²) in [7, 11) is -0.261. The summed E-state index contributed by atoms with van der Waals surface area (Å²) in [5, 5.41) is 44.8. The summed E-state index contributed by atoms with van der Waals surface area (Å²) in [6.07, 6.45) is -0.409. The maximum absolute atomic E-state index is 13.8. The highest BCUT2D eigenvalue weighted by Crippen LogP contribution is 2.52. The molecule has 1 amide bonds. The van der Waals surface area contributed by atoms with E-state index in [0.29, 0.717) is 22.4 Å². The number of primary amides is 1. The molecular weight excluding hydrogens is 578 g/mol. The Morgan fingerprint density at radius 2 is 1.74 bits per heavy atom. The van der Waals surface area contributed by atoms with Gasteiger partial charge in [-0.05, 0) is 74.8 Å². The van der Waals surface area contributed by atoms with Crippen LogP contribution in [-0.4, -0.2) is 89.3 Å². The number of phenols is 1. The van der Waals surface area contributed by atoms with Crippen LogP contribution in [0.3, 0.4) is 0 Å². The van der Waals surface area contributed by atoms with Crippen molar-refractivity contribution in [2.45, 2.75) is 30.6 Å². The highest BCUT2D eigenvalue weighted by molar-refractivity contribution is 7.92. The van der Waals surface area contributed by atoms with E-state index in [0.717, 1.165) is 6.26 Å². The van der Waals surface area contributed by atoms with Crippen molar-refractivity contribution in [3.63, 3.8) is 0 Å². The van der Waals surface area contributed by atoms with Crippen molar-refractivity contribution in [1.29, 1.82) is 0 Å². The first kappa shape index (κ1) is 30.2. The molecule has 0 heterocycles. The van der Waals surface area contributed by atoms with E-state index in [1.54, 1.807) is 49.3 Å². The van der Waals surface area contributed by atoms with Gasteiger partial charge in [0, 0.05) is 34.3 Å². The summed E-state index contributed by atoms with van der Waals surface area (Å²) in [5.74, 6) is -2.06. The number of hydrogen-bond acceptors (Lipinski definition) is 10. The van der Waals surface area contributed by atoms with Gasteiger partial charge in [-0.3, -0.25) is 19.1 Å². The van der Waals surface area contributed by atoms with Gasteiger partial charge in [-0.1, -0.05) is 11.8 Å². The predicted octanol–water partition coefficient (Wildman–Crippen LogP) is 0.0569. The molecule has 0 bridgehead atoms. The Labute approximate surface area is 247 Å². The molecule has 13 heteroatoms. The van der Waals surface area contributed by atoms with Crippen LogP contribution in [0.15, 0.2) is 47.7 Å². The van der Waals surface area contributed by atoms with E-state index >= 15 is 0 Å². The molecule has 0 spiro atoms. The standard InChI is InChI=1S/C30H31N3O9S/c1-33(2)24-19-13-16-12-18-15(7-4-14-5-9-17(10-6-14)32-43(3,41)42)8-11-20(34)22(18)25(35)21(16)27(37)30(19,40)28(38)23(26(24)36)29(31)39/h5-6,8-11,16,19,23-24,26,32,34,36-37,40H,12-13H2,1-3H3,(H2,31,39)/t16-,19-,23?,24-,26?,30-/m0/s1. The second-order valence-corrected chi connectivity index (χ2v) is 13.2.